The summed E-state index contributed by atoms with van der Waals surface area (Å²) in [7, 11) is -3.77. The lowest BCUT2D eigenvalue weighted by molar-refractivity contribution is 0.597. The van der Waals surface area contributed by atoms with Gasteiger partial charge in [-0.2, -0.15) is 0 Å². The maximum absolute atomic E-state index is 11.8. The van der Waals surface area contributed by atoms with Crippen LogP contribution in [0.25, 0.3) is 10.8 Å². The molecule has 0 atom stereocenters. The van der Waals surface area contributed by atoms with Crippen LogP contribution in [-0.2, 0) is 16.4 Å². The van der Waals surface area contributed by atoms with Gasteiger partial charge >= 0.3 is 0 Å². The van der Waals surface area contributed by atoms with Crippen molar-refractivity contribution in [3.8, 4) is 0 Å². The van der Waals surface area contributed by atoms with Gasteiger partial charge in [-0.05, 0) is 34.0 Å². The van der Waals surface area contributed by atoms with Crippen molar-refractivity contribution in [3.05, 3.63) is 72.1 Å². The van der Waals surface area contributed by atoms with E-state index in [9.17, 15) is 8.42 Å². The third-order valence-electron chi connectivity index (χ3n) is 3.41. The zero-order valence-corrected chi connectivity index (χ0v) is 12.0. The van der Waals surface area contributed by atoms with Crippen LogP contribution in [0.5, 0.6) is 0 Å². The molecular formula is C16H14N2O2S. The molecule has 2 aromatic carbocycles. The number of rotatable bonds is 3. The van der Waals surface area contributed by atoms with E-state index in [0.717, 1.165) is 16.3 Å². The summed E-state index contributed by atoms with van der Waals surface area (Å²) >= 11 is 0. The molecule has 1 aromatic heterocycles. The van der Waals surface area contributed by atoms with E-state index in [1.165, 1.54) is 0 Å². The second-order valence-electron chi connectivity index (χ2n) is 4.85. The van der Waals surface area contributed by atoms with E-state index < -0.39 is 10.0 Å². The van der Waals surface area contributed by atoms with Crippen molar-refractivity contribution in [2.75, 3.05) is 0 Å². The normalized spacial score (nSPS) is 11.7. The lowest BCUT2D eigenvalue weighted by Gasteiger charge is -2.11. The first kappa shape index (κ1) is 13.7. The van der Waals surface area contributed by atoms with Crippen molar-refractivity contribution in [2.24, 2.45) is 5.14 Å². The van der Waals surface area contributed by atoms with Crippen LogP contribution in [0.15, 0.2) is 65.8 Å². The van der Waals surface area contributed by atoms with E-state index in [4.69, 9.17) is 5.14 Å². The van der Waals surface area contributed by atoms with Crippen molar-refractivity contribution in [1.29, 1.82) is 0 Å². The summed E-state index contributed by atoms with van der Waals surface area (Å²) in [5.74, 6) is 0. The Morgan fingerprint density at radius 1 is 1.00 bits per heavy atom. The van der Waals surface area contributed by atoms with Crippen LogP contribution < -0.4 is 5.14 Å². The highest BCUT2D eigenvalue weighted by Gasteiger charge is 2.16. The molecule has 0 saturated carbocycles. The van der Waals surface area contributed by atoms with Gasteiger partial charge in [0.05, 0.1) is 4.90 Å². The summed E-state index contributed by atoms with van der Waals surface area (Å²) < 4.78 is 23.7. The number of aromatic nitrogens is 1. The maximum Gasteiger partial charge on any atom is 0.238 e. The van der Waals surface area contributed by atoms with E-state index in [-0.39, 0.29) is 4.90 Å². The Kier molecular flexibility index (Phi) is 3.45. The summed E-state index contributed by atoms with van der Waals surface area (Å²) in [5, 5.41) is 7.24. The van der Waals surface area contributed by atoms with Gasteiger partial charge in [-0.15, -0.1) is 0 Å². The molecule has 0 saturated heterocycles. The predicted molar refractivity (Wildman–Crippen MR) is 82.4 cm³/mol. The van der Waals surface area contributed by atoms with Crippen molar-refractivity contribution in [1.82, 2.24) is 4.98 Å². The van der Waals surface area contributed by atoms with E-state index in [1.807, 2.05) is 36.4 Å². The monoisotopic (exact) mass is 298 g/mol. The summed E-state index contributed by atoms with van der Waals surface area (Å²) in [4.78, 5) is 4.24. The fourth-order valence-corrected chi connectivity index (χ4v) is 3.25. The lowest BCUT2D eigenvalue weighted by atomic mass is 9.99. The van der Waals surface area contributed by atoms with Crippen LogP contribution in [-0.4, -0.2) is 13.4 Å². The van der Waals surface area contributed by atoms with Crippen molar-refractivity contribution < 1.29 is 8.42 Å². The zero-order chi connectivity index (χ0) is 14.9. The number of hydrogen-bond donors (Lipinski definition) is 1. The summed E-state index contributed by atoms with van der Waals surface area (Å²) in [6, 6.07) is 14.8. The van der Waals surface area contributed by atoms with E-state index in [2.05, 4.69) is 4.98 Å². The minimum absolute atomic E-state index is 0.171. The third-order valence-corrected chi connectivity index (χ3v) is 4.40. The standard InChI is InChI=1S/C16H14N2O2S/c17-21(19,20)16-8-7-13-5-1-2-6-14(13)15(16)10-12-4-3-9-18-11-12/h1-9,11H,10H2,(H2,17,19,20). The minimum atomic E-state index is -3.77. The highest BCUT2D eigenvalue weighted by atomic mass is 32.2. The quantitative estimate of drug-likeness (QED) is 0.807. The molecule has 0 radical (unpaired) electrons. The Labute approximate surface area is 123 Å². The Morgan fingerprint density at radius 3 is 2.52 bits per heavy atom. The molecule has 2 N–H and O–H groups in total. The van der Waals surface area contributed by atoms with Crippen LogP contribution >= 0.6 is 0 Å². The molecule has 0 aliphatic carbocycles. The van der Waals surface area contributed by atoms with E-state index in [0.29, 0.717) is 12.0 Å². The highest BCUT2D eigenvalue weighted by molar-refractivity contribution is 7.89. The topological polar surface area (TPSA) is 73.1 Å². The number of nitrogens with zero attached hydrogens (tertiary/aromatic N) is 1. The molecule has 0 bridgehead atoms. The Bertz CT molecular complexity index is 891. The zero-order valence-electron chi connectivity index (χ0n) is 11.2. The fourth-order valence-electron chi connectivity index (χ4n) is 2.47. The molecule has 0 fully saturated rings. The number of primary sulfonamides is 1. The molecule has 4 nitrogen and oxygen atoms in total. The molecule has 3 aromatic rings. The first-order valence-electron chi connectivity index (χ1n) is 6.48. The van der Waals surface area contributed by atoms with Gasteiger partial charge in [0.15, 0.2) is 0 Å². The molecule has 5 heteroatoms. The third kappa shape index (κ3) is 2.79. The number of fused-ring (bicyclic) bond motifs is 1. The second-order valence-corrected chi connectivity index (χ2v) is 6.38. The van der Waals surface area contributed by atoms with Crippen LogP contribution in [0.1, 0.15) is 11.1 Å². The molecular weight excluding hydrogens is 284 g/mol. The number of sulfonamides is 1. The Hall–Kier alpha value is -2.24. The molecule has 0 unspecified atom stereocenters. The Balaban J connectivity index is 2.26. The summed E-state index contributed by atoms with van der Waals surface area (Å²) in [6.45, 7) is 0. The van der Waals surface area contributed by atoms with Gasteiger partial charge in [0.1, 0.15) is 0 Å². The second kappa shape index (κ2) is 5.27. The van der Waals surface area contributed by atoms with Gasteiger partial charge in [0.2, 0.25) is 10.0 Å². The molecule has 0 spiro atoms. The van der Waals surface area contributed by atoms with Gasteiger partial charge in [-0.3, -0.25) is 4.98 Å². The summed E-state index contributed by atoms with van der Waals surface area (Å²) in [5.41, 5.74) is 1.65. The Morgan fingerprint density at radius 2 is 1.81 bits per heavy atom. The number of nitrogens with two attached hydrogens (primary N) is 1. The van der Waals surface area contributed by atoms with E-state index in [1.54, 1.807) is 24.5 Å². The SMILES string of the molecule is NS(=O)(=O)c1ccc2ccccc2c1Cc1cccnc1. The van der Waals surface area contributed by atoms with Gasteiger partial charge < -0.3 is 0 Å². The number of hydrogen-bond acceptors (Lipinski definition) is 3. The molecule has 0 aliphatic rings. The van der Waals surface area contributed by atoms with Gasteiger partial charge in [0.25, 0.3) is 0 Å². The van der Waals surface area contributed by atoms with Crippen LogP contribution in [0, 0.1) is 0 Å². The van der Waals surface area contributed by atoms with Crippen molar-refractivity contribution in [2.45, 2.75) is 11.3 Å². The summed E-state index contributed by atoms with van der Waals surface area (Å²) in [6.07, 6.45) is 3.89. The number of pyridine rings is 1. The van der Waals surface area contributed by atoms with Crippen LogP contribution in [0.3, 0.4) is 0 Å². The predicted octanol–water partition coefficient (Wildman–Crippen LogP) is 2.47. The lowest BCUT2D eigenvalue weighted by Crippen LogP contribution is -2.15. The molecule has 21 heavy (non-hydrogen) atoms. The largest absolute Gasteiger partial charge is 0.264 e. The number of benzene rings is 2. The van der Waals surface area contributed by atoms with Gasteiger partial charge in [-0.1, -0.05) is 36.4 Å². The van der Waals surface area contributed by atoms with Crippen LogP contribution in [0.4, 0.5) is 0 Å². The average molecular weight is 298 g/mol. The smallest absolute Gasteiger partial charge is 0.238 e. The molecule has 106 valence electrons. The van der Waals surface area contributed by atoms with E-state index >= 15 is 0 Å². The van der Waals surface area contributed by atoms with Crippen molar-refractivity contribution in [3.63, 3.8) is 0 Å². The molecule has 3 rings (SSSR count). The highest BCUT2D eigenvalue weighted by Crippen LogP contribution is 2.27. The maximum atomic E-state index is 11.8. The first-order chi connectivity index (χ1) is 10.1. The van der Waals surface area contributed by atoms with Gasteiger partial charge in [-0.25, -0.2) is 13.6 Å². The van der Waals surface area contributed by atoms with Crippen LogP contribution in [0.2, 0.25) is 0 Å². The fraction of sp³-hybridized carbons (Fsp3) is 0.0625. The average Bonchev–Trinajstić information content (AvgIpc) is 2.47. The molecule has 0 amide bonds. The minimum Gasteiger partial charge on any atom is -0.264 e. The molecule has 1 heterocycles. The van der Waals surface area contributed by atoms with Crippen molar-refractivity contribution >= 4 is 20.8 Å². The first-order valence-corrected chi connectivity index (χ1v) is 8.03. The molecule has 0 aliphatic heterocycles. The van der Waals surface area contributed by atoms with Gasteiger partial charge in [0, 0.05) is 18.8 Å².